The lowest BCUT2D eigenvalue weighted by molar-refractivity contribution is -0.137. The molecule has 25 heavy (non-hydrogen) atoms. The van der Waals surface area contributed by atoms with Crippen molar-refractivity contribution < 1.29 is 13.2 Å². The Hall–Kier alpha value is -2.74. The Bertz CT molecular complexity index is 869. The predicted octanol–water partition coefficient (Wildman–Crippen LogP) is 4.97. The molecule has 0 aliphatic heterocycles. The van der Waals surface area contributed by atoms with Crippen LogP contribution in [0.1, 0.15) is 5.56 Å². The molecule has 1 aromatic heterocycles. The van der Waals surface area contributed by atoms with Gasteiger partial charge in [-0.2, -0.15) is 13.2 Å². The minimum Gasteiger partial charge on any atom is -0.394 e. The normalized spacial score (nSPS) is 11.3. The van der Waals surface area contributed by atoms with Crippen LogP contribution in [-0.4, -0.2) is 9.97 Å². The highest BCUT2D eigenvalue weighted by molar-refractivity contribution is 7.99. The number of hydrogen-bond acceptors (Lipinski definition) is 5. The Labute approximate surface area is 146 Å². The summed E-state index contributed by atoms with van der Waals surface area (Å²) < 4.78 is 38.4. The second kappa shape index (κ2) is 7.02. The second-order valence-electron chi connectivity index (χ2n) is 5.06. The maximum absolute atomic E-state index is 12.8. The number of nitrogens with two attached hydrogens (primary N) is 1. The minimum atomic E-state index is -4.41. The largest absolute Gasteiger partial charge is 0.416 e. The number of nitrogens with zero attached hydrogens (tertiary/aromatic N) is 2. The van der Waals surface area contributed by atoms with Crippen molar-refractivity contribution in [2.24, 2.45) is 0 Å². The van der Waals surface area contributed by atoms with E-state index in [0.29, 0.717) is 5.03 Å². The maximum atomic E-state index is 12.8. The predicted molar refractivity (Wildman–Crippen MR) is 91.7 cm³/mol. The highest BCUT2D eigenvalue weighted by Crippen LogP contribution is 2.35. The van der Waals surface area contributed by atoms with Crippen molar-refractivity contribution in [1.82, 2.24) is 9.97 Å². The van der Waals surface area contributed by atoms with Gasteiger partial charge in [-0.15, -0.1) is 0 Å². The van der Waals surface area contributed by atoms with Gasteiger partial charge in [-0.3, -0.25) is 0 Å². The second-order valence-corrected chi connectivity index (χ2v) is 6.12. The molecule has 3 rings (SSSR count). The number of aromatic nitrogens is 2. The van der Waals surface area contributed by atoms with Crippen molar-refractivity contribution in [2.45, 2.75) is 16.1 Å². The van der Waals surface area contributed by atoms with E-state index in [0.717, 1.165) is 17.0 Å². The van der Waals surface area contributed by atoms with Crippen LogP contribution >= 0.6 is 11.8 Å². The van der Waals surface area contributed by atoms with Crippen molar-refractivity contribution in [1.29, 1.82) is 0 Å². The molecule has 3 aromatic rings. The standard InChI is InChI=1S/C17H13F3N4S/c18-17(19,20)11-5-4-6-12(9-11)24-15-14(21)16(23-10-22-15)25-13-7-2-1-3-8-13/h1-10H,21H2,(H,22,23,24). The summed E-state index contributed by atoms with van der Waals surface area (Å²) in [5, 5.41) is 3.35. The van der Waals surface area contributed by atoms with Gasteiger partial charge in [0.1, 0.15) is 17.0 Å². The molecular weight excluding hydrogens is 349 g/mol. The summed E-state index contributed by atoms with van der Waals surface area (Å²) in [6, 6.07) is 14.3. The lowest BCUT2D eigenvalue weighted by atomic mass is 10.2. The van der Waals surface area contributed by atoms with Crippen LogP contribution < -0.4 is 11.1 Å². The third-order valence-electron chi connectivity index (χ3n) is 3.26. The number of rotatable bonds is 4. The molecule has 0 spiro atoms. The molecule has 0 bridgehead atoms. The zero-order chi connectivity index (χ0) is 17.9. The first-order valence-corrected chi connectivity index (χ1v) is 8.03. The van der Waals surface area contributed by atoms with E-state index in [1.165, 1.54) is 30.2 Å². The highest BCUT2D eigenvalue weighted by atomic mass is 32.2. The zero-order valence-corrected chi connectivity index (χ0v) is 13.6. The summed E-state index contributed by atoms with van der Waals surface area (Å²) in [5.74, 6) is 0.257. The minimum absolute atomic E-state index is 0.246. The fourth-order valence-electron chi connectivity index (χ4n) is 2.07. The Kier molecular flexibility index (Phi) is 4.80. The van der Waals surface area contributed by atoms with Gasteiger partial charge in [0.2, 0.25) is 0 Å². The van der Waals surface area contributed by atoms with Crippen LogP contribution in [0.15, 0.2) is 70.8 Å². The Morgan fingerprint density at radius 3 is 2.44 bits per heavy atom. The van der Waals surface area contributed by atoms with Gasteiger partial charge in [-0.25, -0.2) is 9.97 Å². The molecule has 128 valence electrons. The smallest absolute Gasteiger partial charge is 0.394 e. The van der Waals surface area contributed by atoms with Gasteiger partial charge in [-0.05, 0) is 30.3 Å². The zero-order valence-electron chi connectivity index (χ0n) is 12.8. The first-order chi connectivity index (χ1) is 11.9. The summed E-state index contributed by atoms with van der Waals surface area (Å²) in [6.07, 6.45) is -3.10. The first kappa shape index (κ1) is 17.1. The van der Waals surface area contributed by atoms with E-state index >= 15 is 0 Å². The number of nitrogens with one attached hydrogen (secondary N) is 1. The number of benzene rings is 2. The van der Waals surface area contributed by atoms with Crippen molar-refractivity contribution in [3.8, 4) is 0 Å². The first-order valence-electron chi connectivity index (χ1n) is 7.21. The van der Waals surface area contributed by atoms with Crippen molar-refractivity contribution in [3.05, 3.63) is 66.5 Å². The Morgan fingerprint density at radius 2 is 1.72 bits per heavy atom. The van der Waals surface area contributed by atoms with E-state index < -0.39 is 11.7 Å². The molecule has 0 aliphatic carbocycles. The molecule has 0 unspecified atom stereocenters. The third-order valence-corrected chi connectivity index (χ3v) is 4.28. The van der Waals surface area contributed by atoms with Crippen LogP contribution in [0.5, 0.6) is 0 Å². The molecule has 0 amide bonds. The lowest BCUT2D eigenvalue weighted by Gasteiger charge is -2.12. The van der Waals surface area contributed by atoms with Gasteiger partial charge in [0.25, 0.3) is 0 Å². The van der Waals surface area contributed by atoms with E-state index in [2.05, 4.69) is 15.3 Å². The third kappa shape index (κ3) is 4.21. The van der Waals surface area contributed by atoms with Crippen molar-refractivity contribution >= 4 is 29.0 Å². The van der Waals surface area contributed by atoms with Crippen LogP contribution in [0.25, 0.3) is 0 Å². The molecule has 0 saturated heterocycles. The van der Waals surface area contributed by atoms with E-state index in [4.69, 9.17) is 5.73 Å². The summed E-state index contributed by atoms with van der Waals surface area (Å²) in [4.78, 5) is 9.11. The van der Waals surface area contributed by atoms with Crippen molar-refractivity contribution in [3.63, 3.8) is 0 Å². The summed E-state index contributed by atoms with van der Waals surface area (Å²) in [6.45, 7) is 0. The maximum Gasteiger partial charge on any atom is 0.416 e. The van der Waals surface area contributed by atoms with E-state index in [-0.39, 0.29) is 17.2 Å². The van der Waals surface area contributed by atoms with Gasteiger partial charge in [0, 0.05) is 10.6 Å². The number of halogens is 3. The van der Waals surface area contributed by atoms with Crippen LogP contribution in [0, 0.1) is 0 Å². The fraction of sp³-hybridized carbons (Fsp3) is 0.0588. The fourth-order valence-corrected chi connectivity index (χ4v) is 2.89. The van der Waals surface area contributed by atoms with Crippen LogP contribution in [0.3, 0.4) is 0 Å². The molecule has 0 fully saturated rings. The monoisotopic (exact) mass is 362 g/mol. The van der Waals surface area contributed by atoms with Crippen LogP contribution in [0.2, 0.25) is 0 Å². The Morgan fingerprint density at radius 1 is 0.960 bits per heavy atom. The summed E-state index contributed by atoms with van der Waals surface area (Å²) >= 11 is 1.35. The van der Waals surface area contributed by atoms with Gasteiger partial charge in [-0.1, -0.05) is 36.0 Å². The van der Waals surface area contributed by atoms with E-state index in [1.54, 1.807) is 0 Å². The highest BCUT2D eigenvalue weighted by Gasteiger charge is 2.30. The summed E-state index contributed by atoms with van der Waals surface area (Å²) in [7, 11) is 0. The van der Waals surface area contributed by atoms with Gasteiger partial charge < -0.3 is 11.1 Å². The molecule has 4 nitrogen and oxygen atoms in total. The topological polar surface area (TPSA) is 63.8 Å². The number of alkyl halides is 3. The van der Waals surface area contributed by atoms with Gasteiger partial charge in [0.15, 0.2) is 5.82 Å². The van der Waals surface area contributed by atoms with Gasteiger partial charge >= 0.3 is 6.18 Å². The summed E-state index contributed by atoms with van der Waals surface area (Å²) in [5.41, 5.74) is 5.84. The molecule has 2 aromatic carbocycles. The average Bonchev–Trinajstić information content (AvgIpc) is 2.59. The average molecular weight is 362 g/mol. The van der Waals surface area contributed by atoms with Crippen LogP contribution in [0.4, 0.5) is 30.4 Å². The van der Waals surface area contributed by atoms with Gasteiger partial charge in [0.05, 0.1) is 5.56 Å². The van der Waals surface area contributed by atoms with E-state index in [1.807, 2.05) is 30.3 Å². The lowest BCUT2D eigenvalue weighted by Crippen LogP contribution is -2.06. The Balaban J connectivity index is 1.85. The molecule has 8 heteroatoms. The molecule has 0 atom stereocenters. The van der Waals surface area contributed by atoms with Crippen molar-refractivity contribution in [2.75, 3.05) is 11.1 Å². The van der Waals surface area contributed by atoms with Crippen LogP contribution in [-0.2, 0) is 6.18 Å². The van der Waals surface area contributed by atoms with E-state index in [9.17, 15) is 13.2 Å². The SMILES string of the molecule is Nc1c(Nc2cccc(C(F)(F)F)c2)ncnc1Sc1ccccc1. The number of anilines is 3. The number of hydrogen-bond donors (Lipinski definition) is 2. The quantitative estimate of drug-likeness (QED) is 0.642. The molecule has 0 radical (unpaired) electrons. The molecule has 0 aliphatic rings. The molecule has 1 heterocycles. The molecule has 3 N–H and O–H groups in total. The number of nitrogen functional groups attached to an aromatic ring is 1. The molecule has 0 saturated carbocycles. The molecular formula is C17H13F3N4S.